The molecule has 3 aromatic carbocycles. The minimum atomic E-state index is -0.236. The number of rotatable bonds is 6. The molecule has 0 saturated heterocycles. The van der Waals surface area contributed by atoms with Crippen LogP contribution in [0, 0.1) is 12.7 Å². The Bertz CT molecular complexity index is 1140. The highest BCUT2D eigenvalue weighted by molar-refractivity contribution is 5.85. The summed E-state index contributed by atoms with van der Waals surface area (Å²) in [5, 5.41) is 0.852. The van der Waals surface area contributed by atoms with Gasteiger partial charge >= 0.3 is 0 Å². The maximum absolute atomic E-state index is 13.5. The summed E-state index contributed by atoms with van der Waals surface area (Å²) in [5.74, 6) is 0.666. The molecule has 2 nitrogen and oxygen atoms in total. The molecule has 0 bridgehead atoms. The van der Waals surface area contributed by atoms with Crippen LogP contribution in [0.1, 0.15) is 25.3 Å². The van der Waals surface area contributed by atoms with Crippen LogP contribution in [0.3, 0.4) is 0 Å². The van der Waals surface area contributed by atoms with Gasteiger partial charge in [-0.15, -0.1) is 0 Å². The van der Waals surface area contributed by atoms with Gasteiger partial charge < -0.3 is 4.74 Å². The number of pyridine rings is 1. The summed E-state index contributed by atoms with van der Waals surface area (Å²) in [6, 6.07) is 23.3. The standard InChI is InChI=1S/C26H24FNO/c1-3-4-14-29-23-7-5-6-21(16-23)19-8-10-20(11-9-19)26-15-18(2)24-17-22(27)12-13-25(24)28-26/h5-13,15-17H,3-4,14H2,1-2H3. The highest BCUT2D eigenvalue weighted by Gasteiger charge is 2.07. The van der Waals surface area contributed by atoms with Crippen molar-refractivity contribution in [3.63, 3.8) is 0 Å². The molecule has 146 valence electrons. The summed E-state index contributed by atoms with van der Waals surface area (Å²) in [5.41, 5.74) is 6.02. The van der Waals surface area contributed by atoms with Gasteiger partial charge in [0.1, 0.15) is 11.6 Å². The van der Waals surface area contributed by atoms with Crippen molar-refractivity contribution in [1.29, 1.82) is 0 Å². The number of hydrogen-bond donors (Lipinski definition) is 0. The topological polar surface area (TPSA) is 22.1 Å². The van der Waals surface area contributed by atoms with E-state index < -0.39 is 0 Å². The first-order valence-corrected chi connectivity index (χ1v) is 10.0. The van der Waals surface area contributed by atoms with E-state index >= 15 is 0 Å². The highest BCUT2D eigenvalue weighted by atomic mass is 19.1. The van der Waals surface area contributed by atoms with Crippen LogP contribution in [-0.2, 0) is 0 Å². The molecule has 0 amide bonds. The molecule has 0 aliphatic carbocycles. The largest absolute Gasteiger partial charge is 0.494 e. The highest BCUT2D eigenvalue weighted by Crippen LogP contribution is 2.29. The van der Waals surface area contributed by atoms with Crippen molar-refractivity contribution in [2.24, 2.45) is 0 Å². The molecule has 0 atom stereocenters. The first kappa shape index (κ1) is 19.1. The first-order chi connectivity index (χ1) is 14.1. The fourth-order valence-electron chi connectivity index (χ4n) is 3.45. The van der Waals surface area contributed by atoms with Crippen LogP contribution in [0.4, 0.5) is 4.39 Å². The molecule has 0 aliphatic heterocycles. The van der Waals surface area contributed by atoms with Crippen molar-refractivity contribution >= 4 is 10.9 Å². The van der Waals surface area contributed by atoms with Gasteiger partial charge in [0.2, 0.25) is 0 Å². The van der Waals surface area contributed by atoms with Crippen LogP contribution in [-0.4, -0.2) is 11.6 Å². The Kier molecular flexibility index (Phi) is 5.57. The van der Waals surface area contributed by atoms with Gasteiger partial charge in [0.05, 0.1) is 17.8 Å². The maximum Gasteiger partial charge on any atom is 0.123 e. The molecule has 0 aliphatic rings. The van der Waals surface area contributed by atoms with Crippen LogP contribution in [0.25, 0.3) is 33.3 Å². The smallest absolute Gasteiger partial charge is 0.123 e. The van der Waals surface area contributed by atoms with Gasteiger partial charge in [-0.05, 0) is 66.4 Å². The van der Waals surface area contributed by atoms with Gasteiger partial charge in [-0.1, -0.05) is 49.7 Å². The molecule has 0 unspecified atom stereocenters. The molecule has 0 fully saturated rings. The van der Waals surface area contributed by atoms with Gasteiger partial charge in [0.25, 0.3) is 0 Å². The van der Waals surface area contributed by atoms with E-state index in [9.17, 15) is 4.39 Å². The average molecular weight is 385 g/mol. The second-order valence-electron chi connectivity index (χ2n) is 7.29. The molecule has 4 aromatic rings. The summed E-state index contributed by atoms with van der Waals surface area (Å²) in [7, 11) is 0. The van der Waals surface area contributed by atoms with Crippen molar-refractivity contribution in [2.45, 2.75) is 26.7 Å². The number of benzene rings is 3. The molecule has 3 heteroatoms. The van der Waals surface area contributed by atoms with E-state index in [-0.39, 0.29) is 5.82 Å². The lowest BCUT2D eigenvalue weighted by molar-refractivity contribution is 0.309. The number of aromatic nitrogens is 1. The van der Waals surface area contributed by atoms with Crippen molar-refractivity contribution in [2.75, 3.05) is 6.61 Å². The van der Waals surface area contributed by atoms with E-state index in [2.05, 4.69) is 43.3 Å². The van der Waals surface area contributed by atoms with Crippen molar-refractivity contribution in [3.05, 3.63) is 84.2 Å². The molecule has 29 heavy (non-hydrogen) atoms. The Balaban J connectivity index is 1.61. The Morgan fingerprint density at radius 3 is 2.45 bits per heavy atom. The Morgan fingerprint density at radius 1 is 0.862 bits per heavy atom. The summed E-state index contributed by atoms with van der Waals surface area (Å²) >= 11 is 0. The zero-order chi connectivity index (χ0) is 20.2. The van der Waals surface area contributed by atoms with E-state index in [1.165, 1.54) is 6.07 Å². The van der Waals surface area contributed by atoms with Gasteiger partial charge in [0.15, 0.2) is 0 Å². The third-order valence-corrected chi connectivity index (χ3v) is 5.09. The lowest BCUT2D eigenvalue weighted by Crippen LogP contribution is -1.96. The van der Waals surface area contributed by atoms with Crippen LogP contribution in [0.15, 0.2) is 72.8 Å². The summed E-state index contributed by atoms with van der Waals surface area (Å²) in [4.78, 5) is 4.72. The molecule has 1 aromatic heterocycles. The fourth-order valence-corrected chi connectivity index (χ4v) is 3.45. The minimum absolute atomic E-state index is 0.236. The molecule has 0 N–H and O–H groups in total. The summed E-state index contributed by atoms with van der Waals surface area (Å²) in [6.07, 6.45) is 2.18. The van der Waals surface area contributed by atoms with E-state index in [1.54, 1.807) is 12.1 Å². The van der Waals surface area contributed by atoms with E-state index in [1.807, 2.05) is 25.1 Å². The van der Waals surface area contributed by atoms with Gasteiger partial charge in [-0.2, -0.15) is 0 Å². The predicted molar refractivity (Wildman–Crippen MR) is 118 cm³/mol. The van der Waals surface area contributed by atoms with Crippen LogP contribution >= 0.6 is 0 Å². The second-order valence-corrected chi connectivity index (χ2v) is 7.29. The molecular formula is C26H24FNO. The van der Waals surface area contributed by atoms with Crippen LogP contribution in [0.5, 0.6) is 5.75 Å². The molecule has 0 saturated carbocycles. The summed E-state index contributed by atoms with van der Waals surface area (Å²) in [6.45, 7) is 4.90. The average Bonchev–Trinajstić information content (AvgIpc) is 2.75. The van der Waals surface area contributed by atoms with Crippen molar-refractivity contribution in [3.8, 4) is 28.1 Å². The van der Waals surface area contributed by atoms with Crippen LogP contribution in [0.2, 0.25) is 0 Å². The zero-order valence-corrected chi connectivity index (χ0v) is 16.8. The molecule has 1 heterocycles. The second kappa shape index (κ2) is 8.44. The normalized spacial score (nSPS) is 11.0. The third kappa shape index (κ3) is 4.29. The van der Waals surface area contributed by atoms with Gasteiger partial charge in [0, 0.05) is 10.9 Å². The molecule has 0 radical (unpaired) electrons. The van der Waals surface area contributed by atoms with E-state index in [4.69, 9.17) is 9.72 Å². The van der Waals surface area contributed by atoms with Crippen LogP contribution < -0.4 is 4.74 Å². The van der Waals surface area contributed by atoms with Gasteiger partial charge in [-0.3, -0.25) is 0 Å². The number of fused-ring (bicyclic) bond motifs is 1. The lowest BCUT2D eigenvalue weighted by atomic mass is 10.0. The Labute approximate surface area is 171 Å². The summed E-state index contributed by atoms with van der Waals surface area (Å²) < 4.78 is 19.4. The molecule has 4 rings (SSSR count). The monoisotopic (exact) mass is 385 g/mol. The quantitative estimate of drug-likeness (QED) is 0.328. The third-order valence-electron chi connectivity index (χ3n) is 5.09. The number of aryl methyl sites for hydroxylation is 1. The fraction of sp³-hybridized carbons (Fsp3) is 0.192. The Morgan fingerprint density at radius 2 is 1.66 bits per heavy atom. The predicted octanol–water partition coefficient (Wildman–Crippen LogP) is 7.20. The lowest BCUT2D eigenvalue weighted by Gasteiger charge is -2.10. The maximum atomic E-state index is 13.5. The number of unbranched alkanes of at least 4 members (excludes halogenated alkanes) is 1. The number of ether oxygens (including phenoxy) is 1. The Hall–Kier alpha value is -3.20. The van der Waals surface area contributed by atoms with Crippen molar-refractivity contribution in [1.82, 2.24) is 4.98 Å². The number of hydrogen-bond acceptors (Lipinski definition) is 2. The zero-order valence-electron chi connectivity index (χ0n) is 16.8. The minimum Gasteiger partial charge on any atom is -0.494 e. The first-order valence-electron chi connectivity index (χ1n) is 10.0. The number of halogens is 1. The number of nitrogens with zero attached hydrogens (tertiary/aromatic N) is 1. The van der Waals surface area contributed by atoms with E-state index in [0.717, 1.165) is 64.0 Å². The SMILES string of the molecule is CCCCOc1cccc(-c2ccc(-c3cc(C)c4cc(F)ccc4n3)cc2)c1. The molecular weight excluding hydrogens is 361 g/mol. The van der Waals surface area contributed by atoms with E-state index in [0.29, 0.717) is 0 Å². The van der Waals surface area contributed by atoms with Gasteiger partial charge in [-0.25, -0.2) is 9.37 Å². The molecule has 0 spiro atoms. The van der Waals surface area contributed by atoms with Crippen molar-refractivity contribution < 1.29 is 9.13 Å².